The Balaban J connectivity index is 2.05. The van der Waals surface area contributed by atoms with Crippen LogP contribution in [0.15, 0.2) is 23.1 Å². The van der Waals surface area contributed by atoms with Crippen molar-refractivity contribution in [3.05, 3.63) is 29.3 Å². The fraction of sp³-hybridized carbons (Fsp3) is 0.600. The van der Waals surface area contributed by atoms with E-state index in [1.54, 1.807) is 11.1 Å². The van der Waals surface area contributed by atoms with Crippen LogP contribution in [0.3, 0.4) is 0 Å². The zero-order chi connectivity index (χ0) is 12.1. The average molecular weight is 249 g/mol. The van der Waals surface area contributed by atoms with E-state index in [1.165, 1.54) is 37.0 Å². The van der Waals surface area contributed by atoms with Crippen molar-refractivity contribution in [1.82, 2.24) is 5.32 Å². The van der Waals surface area contributed by atoms with Crippen LogP contribution in [-0.2, 0) is 12.8 Å². The Morgan fingerprint density at radius 1 is 1.24 bits per heavy atom. The predicted octanol–water partition coefficient (Wildman–Crippen LogP) is 3.66. The van der Waals surface area contributed by atoms with Gasteiger partial charge in [-0.3, -0.25) is 0 Å². The highest BCUT2D eigenvalue weighted by Crippen LogP contribution is 2.30. The number of fused-ring (bicyclic) bond motifs is 1. The van der Waals surface area contributed by atoms with Crippen LogP contribution < -0.4 is 5.32 Å². The van der Waals surface area contributed by atoms with Crippen LogP contribution in [0.1, 0.15) is 37.3 Å². The van der Waals surface area contributed by atoms with Crippen LogP contribution >= 0.6 is 11.8 Å². The van der Waals surface area contributed by atoms with Gasteiger partial charge in [0, 0.05) is 16.7 Å². The van der Waals surface area contributed by atoms with Crippen molar-refractivity contribution in [2.75, 3.05) is 13.6 Å². The van der Waals surface area contributed by atoms with Crippen molar-refractivity contribution >= 4 is 11.8 Å². The summed E-state index contributed by atoms with van der Waals surface area (Å²) in [6, 6.07) is 7.09. The number of rotatable bonds is 5. The lowest BCUT2D eigenvalue weighted by Crippen LogP contribution is -2.20. The molecule has 1 aliphatic carbocycles. The Bertz CT molecular complexity index is 362. The Labute approximate surface area is 109 Å². The van der Waals surface area contributed by atoms with Gasteiger partial charge in [-0.15, -0.1) is 11.8 Å². The van der Waals surface area contributed by atoms with Gasteiger partial charge in [-0.05, 0) is 62.4 Å². The van der Waals surface area contributed by atoms with Crippen molar-refractivity contribution < 1.29 is 0 Å². The molecule has 0 aliphatic heterocycles. The van der Waals surface area contributed by atoms with Gasteiger partial charge in [-0.25, -0.2) is 0 Å². The third kappa shape index (κ3) is 3.49. The topological polar surface area (TPSA) is 12.0 Å². The van der Waals surface area contributed by atoms with Crippen molar-refractivity contribution in [3.63, 3.8) is 0 Å². The first kappa shape index (κ1) is 13.0. The second-order valence-corrected chi connectivity index (χ2v) is 6.22. The minimum atomic E-state index is 0.696. The van der Waals surface area contributed by atoms with Gasteiger partial charge in [0.2, 0.25) is 0 Å². The molecule has 1 aliphatic rings. The van der Waals surface area contributed by atoms with E-state index in [-0.39, 0.29) is 0 Å². The number of hydrogen-bond acceptors (Lipinski definition) is 2. The number of aryl methyl sites for hydroxylation is 2. The molecule has 0 fully saturated rings. The average Bonchev–Trinajstić information content (AvgIpc) is 2.38. The van der Waals surface area contributed by atoms with Crippen LogP contribution in [0.25, 0.3) is 0 Å². The Morgan fingerprint density at radius 2 is 2.00 bits per heavy atom. The first-order valence-corrected chi connectivity index (χ1v) is 7.64. The maximum Gasteiger partial charge on any atom is 0.0217 e. The van der Waals surface area contributed by atoms with E-state index in [0.29, 0.717) is 5.25 Å². The lowest BCUT2D eigenvalue weighted by atomic mass is 9.92. The highest BCUT2D eigenvalue weighted by molar-refractivity contribution is 8.00. The van der Waals surface area contributed by atoms with Crippen molar-refractivity contribution in [2.24, 2.45) is 0 Å². The molecule has 0 radical (unpaired) electrons. The van der Waals surface area contributed by atoms with E-state index in [1.807, 2.05) is 18.8 Å². The molecule has 0 heterocycles. The molecule has 1 aromatic carbocycles. The molecule has 0 saturated carbocycles. The zero-order valence-electron chi connectivity index (χ0n) is 11.0. The summed E-state index contributed by atoms with van der Waals surface area (Å²) in [5, 5.41) is 3.98. The highest BCUT2D eigenvalue weighted by Gasteiger charge is 2.12. The highest BCUT2D eigenvalue weighted by atomic mass is 32.2. The summed E-state index contributed by atoms with van der Waals surface area (Å²) < 4.78 is 0. The van der Waals surface area contributed by atoms with Crippen LogP contribution in [0, 0.1) is 0 Å². The van der Waals surface area contributed by atoms with E-state index in [0.717, 1.165) is 6.54 Å². The summed E-state index contributed by atoms with van der Waals surface area (Å²) in [4.78, 5) is 1.45. The van der Waals surface area contributed by atoms with E-state index in [4.69, 9.17) is 0 Å². The third-order valence-corrected chi connectivity index (χ3v) is 4.87. The molecule has 94 valence electrons. The fourth-order valence-electron chi connectivity index (χ4n) is 2.47. The van der Waals surface area contributed by atoms with E-state index >= 15 is 0 Å². The SMILES string of the molecule is CCC(CNC)Sc1ccc2c(c1)CCCC2. The van der Waals surface area contributed by atoms with Gasteiger partial charge in [0.05, 0.1) is 0 Å². The maximum atomic E-state index is 3.28. The van der Waals surface area contributed by atoms with Crippen LogP contribution in [0.4, 0.5) is 0 Å². The molecule has 0 aromatic heterocycles. The second-order valence-electron chi connectivity index (χ2n) is 4.84. The number of benzene rings is 1. The number of hydrogen-bond donors (Lipinski definition) is 1. The summed E-state index contributed by atoms with van der Waals surface area (Å²) in [6.07, 6.45) is 6.54. The molecular formula is C15H23NS. The lowest BCUT2D eigenvalue weighted by Gasteiger charge is -2.18. The van der Waals surface area contributed by atoms with Crippen LogP contribution in [-0.4, -0.2) is 18.8 Å². The smallest absolute Gasteiger partial charge is 0.0217 e. The summed E-state index contributed by atoms with van der Waals surface area (Å²) in [7, 11) is 2.04. The molecule has 1 atom stereocenters. The second kappa shape index (κ2) is 6.46. The van der Waals surface area contributed by atoms with Crippen LogP contribution in [0.2, 0.25) is 0 Å². The summed E-state index contributed by atoms with van der Waals surface area (Å²) in [6.45, 7) is 3.37. The van der Waals surface area contributed by atoms with E-state index < -0.39 is 0 Å². The number of thioether (sulfide) groups is 1. The summed E-state index contributed by atoms with van der Waals surface area (Å²) in [5.41, 5.74) is 3.18. The minimum Gasteiger partial charge on any atom is -0.319 e. The van der Waals surface area contributed by atoms with Gasteiger partial charge >= 0.3 is 0 Å². The molecule has 1 unspecified atom stereocenters. The molecule has 0 bridgehead atoms. The molecule has 1 aromatic rings. The predicted molar refractivity (Wildman–Crippen MR) is 76.9 cm³/mol. The summed E-state index contributed by atoms with van der Waals surface area (Å²) in [5.74, 6) is 0. The van der Waals surface area contributed by atoms with Crippen LogP contribution in [0.5, 0.6) is 0 Å². The molecule has 2 heteroatoms. The van der Waals surface area contributed by atoms with Gasteiger partial charge in [-0.1, -0.05) is 13.0 Å². The molecule has 0 amide bonds. The van der Waals surface area contributed by atoms with Gasteiger partial charge in [0.1, 0.15) is 0 Å². The fourth-order valence-corrected chi connectivity index (χ4v) is 3.63. The molecular weight excluding hydrogens is 226 g/mol. The van der Waals surface area contributed by atoms with Crippen molar-refractivity contribution in [1.29, 1.82) is 0 Å². The Kier molecular flexibility index (Phi) is 4.93. The van der Waals surface area contributed by atoms with E-state index in [2.05, 4.69) is 30.4 Å². The van der Waals surface area contributed by atoms with Gasteiger partial charge in [0.25, 0.3) is 0 Å². The lowest BCUT2D eigenvalue weighted by molar-refractivity contribution is 0.683. The largest absolute Gasteiger partial charge is 0.319 e. The van der Waals surface area contributed by atoms with Crippen molar-refractivity contribution in [3.8, 4) is 0 Å². The molecule has 0 saturated heterocycles. The molecule has 2 rings (SSSR count). The van der Waals surface area contributed by atoms with Gasteiger partial charge < -0.3 is 5.32 Å². The Morgan fingerprint density at radius 3 is 2.71 bits per heavy atom. The zero-order valence-corrected chi connectivity index (χ0v) is 11.8. The first-order valence-electron chi connectivity index (χ1n) is 6.76. The maximum absolute atomic E-state index is 3.28. The number of nitrogens with one attached hydrogen (secondary N) is 1. The van der Waals surface area contributed by atoms with Gasteiger partial charge in [-0.2, -0.15) is 0 Å². The summed E-state index contributed by atoms with van der Waals surface area (Å²) >= 11 is 2.02. The molecule has 17 heavy (non-hydrogen) atoms. The Hall–Kier alpha value is -0.470. The normalized spacial score (nSPS) is 16.6. The van der Waals surface area contributed by atoms with Gasteiger partial charge in [0.15, 0.2) is 0 Å². The quantitative estimate of drug-likeness (QED) is 0.799. The molecule has 1 N–H and O–H groups in total. The first-order chi connectivity index (χ1) is 8.33. The van der Waals surface area contributed by atoms with Crippen molar-refractivity contribution in [2.45, 2.75) is 49.2 Å². The van der Waals surface area contributed by atoms with E-state index in [9.17, 15) is 0 Å². The third-order valence-electron chi connectivity index (χ3n) is 3.51. The standard InChI is InChI=1S/C15H23NS/c1-3-14(11-16-2)17-15-9-8-12-6-4-5-7-13(12)10-15/h8-10,14,16H,3-7,11H2,1-2H3. The molecule has 0 spiro atoms. The minimum absolute atomic E-state index is 0.696. The monoisotopic (exact) mass is 249 g/mol. The molecule has 1 nitrogen and oxygen atoms in total.